The molecule has 128 valence electrons. The van der Waals surface area contributed by atoms with Crippen molar-refractivity contribution in [2.24, 2.45) is 0 Å². The Morgan fingerprint density at radius 1 is 1.12 bits per heavy atom. The predicted octanol–water partition coefficient (Wildman–Crippen LogP) is 1.37. The summed E-state index contributed by atoms with van der Waals surface area (Å²) < 4.78 is 26.7. The van der Waals surface area contributed by atoms with E-state index in [4.69, 9.17) is 0 Å². The van der Waals surface area contributed by atoms with E-state index in [9.17, 15) is 13.2 Å². The van der Waals surface area contributed by atoms with Gasteiger partial charge in [-0.1, -0.05) is 17.7 Å². The summed E-state index contributed by atoms with van der Waals surface area (Å²) in [5.41, 5.74) is 2.05. The smallest absolute Gasteiger partial charge is 0.241 e. The standard InChI is InChI=1S/C17H21N3O3S/c1-14-3-5-16(6-4-14)24(22,23)19-13-17(21)20(2)12-9-15-7-10-18-11-8-15/h3-8,10-11,19H,9,12-13H2,1-2H3. The number of benzene rings is 1. The monoisotopic (exact) mass is 347 g/mol. The van der Waals surface area contributed by atoms with Gasteiger partial charge in [-0.15, -0.1) is 0 Å². The van der Waals surface area contributed by atoms with Gasteiger partial charge >= 0.3 is 0 Å². The first kappa shape index (κ1) is 18.1. The molecular formula is C17H21N3O3S. The van der Waals surface area contributed by atoms with Crippen molar-refractivity contribution in [3.05, 3.63) is 59.9 Å². The van der Waals surface area contributed by atoms with Crippen molar-refractivity contribution in [3.8, 4) is 0 Å². The molecular weight excluding hydrogens is 326 g/mol. The van der Waals surface area contributed by atoms with E-state index in [-0.39, 0.29) is 17.3 Å². The molecule has 0 radical (unpaired) electrons. The van der Waals surface area contributed by atoms with Crippen molar-refractivity contribution < 1.29 is 13.2 Å². The molecule has 0 fully saturated rings. The second-order valence-corrected chi connectivity index (χ2v) is 7.33. The normalized spacial score (nSPS) is 11.2. The summed E-state index contributed by atoms with van der Waals surface area (Å²) in [6, 6.07) is 10.3. The van der Waals surface area contributed by atoms with Crippen molar-refractivity contribution in [2.75, 3.05) is 20.1 Å². The van der Waals surface area contributed by atoms with Crippen molar-refractivity contribution in [2.45, 2.75) is 18.2 Å². The van der Waals surface area contributed by atoms with E-state index < -0.39 is 10.0 Å². The van der Waals surface area contributed by atoms with Gasteiger partial charge in [0.2, 0.25) is 15.9 Å². The third-order valence-corrected chi connectivity index (χ3v) is 5.07. The first-order chi connectivity index (χ1) is 11.4. The van der Waals surface area contributed by atoms with E-state index in [1.807, 2.05) is 19.1 Å². The summed E-state index contributed by atoms with van der Waals surface area (Å²) in [7, 11) is -2.02. The van der Waals surface area contributed by atoms with E-state index in [2.05, 4.69) is 9.71 Å². The molecule has 7 heteroatoms. The highest BCUT2D eigenvalue weighted by atomic mass is 32.2. The maximum absolute atomic E-state index is 12.2. The molecule has 0 aliphatic rings. The van der Waals surface area contributed by atoms with Gasteiger partial charge in [0, 0.05) is 26.0 Å². The maximum Gasteiger partial charge on any atom is 0.241 e. The average Bonchev–Trinajstić information content (AvgIpc) is 2.59. The van der Waals surface area contributed by atoms with E-state index in [1.54, 1.807) is 31.6 Å². The number of nitrogens with zero attached hydrogens (tertiary/aromatic N) is 2. The summed E-state index contributed by atoms with van der Waals surface area (Å²) in [5, 5.41) is 0. The third kappa shape index (κ3) is 5.14. The number of aryl methyl sites for hydroxylation is 1. The molecule has 0 saturated heterocycles. The lowest BCUT2D eigenvalue weighted by Gasteiger charge is -2.17. The largest absolute Gasteiger partial charge is 0.344 e. The zero-order chi connectivity index (χ0) is 17.6. The number of rotatable bonds is 7. The van der Waals surface area contributed by atoms with E-state index in [0.29, 0.717) is 13.0 Å². The Balaban J connectivity index is 1.86. The molecule has 2 aromatic rings. The molecule has 0 aliphatic carbocycles. The molecule has 0 saturated carbocycles. The summed E-state index contributed by atoms with van der Waals surface area (Å²) in [6.45, 7) is 2.13. The van der Waals surface area contributed by atoms with Gasteiger partial charge in [-0.2, -0.15) is 0 Å². The van der Waals surface area contributed by atoms with E-state index >= 15 is 0 Å². The second-order valence-electron chi connectivity index (χ2n) is 5.56. The first-order valence-electron chi connectivity index (χ1n) is 7.58. The molecule has 24 heavy (non-hydrogen) atoms. The quantitative estimate of drug-likeness (QED) is 0.820. The van der Waals surface area contributed by atoms with E-state index in [1.165, 1.54) is 17.0 Å². The van der Waals surface area contributed by atoms with Crippen LogP contribution in [0.25, 0.3) is 0 Å². The van der Waals surface area contributed by atoms with Crippen LogP contribution in [0.15, 0.2) is 53.7 Å². The van der Waals surface area contributed by atoms with Crippen LogP contribution in [0, 0.1) is 6.92 Å². The second kappa shape index (κ2) is 8.03. The Morgan fingerprint density at radius 3 is 2.38 bits per heavy atom. The highest BCUT2D eigenvalue weighted by Gasteiger charge is 2.17. The van der Waals surface area contributed by atoms with Crippen LogP contribution in [-0.4, -0.2) is 44.3 Å². The molecule has 1 aromatic carbocycles. The highest BCUT2D eigenvalue weighted by Crippen LogP contribution is 2.09. The van der Waals surface area contributed by atoms with Gasteiger partial charge in [-0.05, 0) is 43.2 Å². The average molecular weight is 347 g/mol. The lowest BCUT2D eigenvalue weighted by Crippen LogP contribution is -2.38. The Kier molecular flexibility index (Phi) is 6.05. The number of carbonyl (C=O) groups is 1. The Labute approximate surface area is 142 Å². The number of likely N-dealkylation sites (N-methyl/N-ethyl adjacent to an activating group) is 1. The van der Waals surface area contributed by atoms with Gasteiger partial charge in [-0.25, -0.2) is 13.1 Å². The third-order valence-electron chi connectivity index (χ3n) is 3.66. The molecule has 0 atom stereocenters. The first-order valence-corrected chi connectivity index (χ1v) is 9.06. The SMILES string of the molecule is Cc1ccc(S(=O)(=O)NCC(=O)N(C)CCc2ccncc2)cc1. The minimum atomic E-state index is -3.68. The molecule has 0 spiro atoms. The fourth-order valence-electron chi connectivity index (χ4n) is 2.06. The molecule has 1 N–H and O–H groups in total. The topological polar surface area (TPSA) is 79.4 Å². The summed E-state index contributed by atoms with van der Waals surface area (Å²) in [4.78, 5) is 17.7. The number of pyridine rings is 1. The maximum atomic E-state index is 12.2. The molecule has 0 unspecified atom stereocenters. The highest BCUT2D eigenvalue weighted by molar-refractivity contribution is 7.89. The molecule has 1 amide bonds. The van der Waals surface area contributed by atoms with Crippen LogP contribution in [0.4, 0.5) is 0 Å². The zero-order valence-corrected chi connectivity index (χ0v) is 14.6. The number of hydrogen-bond acceptors (Lipinski definition) is 4. The van der Waals surface area contributed by atoms with Gasteiger partial charge in [0.05, 0.1) is 11.4 Å². The molecule has 1 aromatic heterocycles. The van der Waals surface area contributed by atoms with Gasteiger partial charge in [0.1, 0.15) is 0 Å². The number of hydrogen-bond donors (Lipinski definition) is 1. The van der Waals surface area contributed by atoms with Crippen LogP contribution in [0.5, 0.6) is 0 Å². The number of carbonyl (C=O) groups excluding carboxylic acids is 1. The predicted molar refractivity (Wildman–Crippen MR) is 91.9 cm³/mol. The van der Waals surface area contributed by atoms with Crippen LogP contribution in [-0.2, 0) is 21.2 Å². The molecule has 6 nitrogen and oxygen atoms in total. The van der Waals surface area contributed by atoms with Crippen LogP contribution in [0.3, 0.4) is 0 Å². The van der Waals surface area contributed by atoms with Gasteiger partial charge in [0.15, 0.2) is 0 Å². The lowest BCUT2D eigenvalue weighted by molar-refractivity contribution is -0.128. The minimum absolute atomic E-state index is 0.153. The van der Waals surface area contributed by atoms with Crippen molar-refractivity contribution in [3.63, 3.8) is 0 Å². The molecule has 0 bridgehead atoms. The van der Waals surface area contributed by atoms with Crippen LogP contribution in [0.1, 0.15) is 11.1 Å². The van der Waals surface area contributed by atoms with Crippen LogP contribution >= 0.6 is 0 Å². The zero-order valence-electron chi connectivity index (χ0n) is 13.8. The fraction of sp³-hybridized carbons (Fsp3) is 0.294. The van der Waals surface area contributed by atoms with Crippen molar-refractivity contribution in [1.82, 2.24) is 14.6 Å². The number of nitrogens with one attached hydrogen (secondary N) is 1. The van der Waals surface area contributed by atoms with Crippen LogP contribution < -0.4 is 4.72 Å². The van der Waals surface area contributed by atoms with Crippen molar-refractivity contribution >= 4 is 15.9 Å². The summed E-state index contributed by atoms with van der Waals surface area (Å²) in [5.74, 6) is -0.278. The fourth-order valence-corrected chi connectivity index (χ4v) is 3.04. The van der Waals surface area contributed by atoms with Gasteiger partial charge in [0.25, 0.3) is 0 Å². The van der Waals surface area contributed by atoms with Gasteiger partial charge < -0.3 is 4.90 Å². The number of aromatic nitrogens is 1. The molecule has 0 aliphatic heterocycles. The van der Waals surface area contributed by atoms with E-state index in [0.717, 1.165) is 11.1 Å². The Bertz CT molecular complexity index is 774. The van der Waals surface area contributed by atoms with Crippen LogP contribution in [0.2, 0.25) is 0 Å². The Morgan fingerprint density at radius 2 is 1.75 bits per heavy atom. The minimum Gasteiger partial charge on any atom is -0.344 e. The Hall–Kier alpha value is -2.25. The summed E-state index contributed by atoms with van der Waals surface area (Å²) in [6.07, 6.45) is 4.09. The summed E-state index contributed by atoms with van der Waals surface area (Å²) >= 11 is 0. The number of sulfonamides is 1. The number of amides is 1. The molecule has 1 heterocycles. The lowest BCUT2D eigenvalue weighted by atomic mass is 10.2. The molecule has 2 rings (SSSR count). The van der Waals surface area contributed by atoms with Gasteiger partial charge in [-0.3, -0.25) is 9.78 Å². The van der Waals surface area contributed by atoms with Crippen molar-refractivity contribution in [1.29, 1.82) is 0 Å².